The van der Waals surface area contributed by atoms with Crippen LogP contribution in [0, 0.1) is 0 Å². The summed E-state index contributed by atoms with van der Waals surface area (Å²) in [6.07, 6.45) is 2.89. The largest absolute Gasteiger partial charge is 0.378 e. The van der Waals surface area contributed by atoms with Crippen molar-refractivity contribution in [3.8, 4) is 0 Å². The summed E-state index contributed by atoms with van der Waals surface area (Å²) < 4.78 is 0. The molecule has 28 heavy (non-hydrogen) atoms. The summed E-state index contributed by atoms with van der Waals surface area (Å²) in [5.74, 6) is 0.271. The summed E-state index contributed by atoms with van der Waals surface area (Å²) in [6, 6.07) is 17.3. The van der Waals surface area contributed by atoms with Crippen molar-refractivity contribution in [3.05, 3.63) is 59.7 Å². The van der Waals surface area contributed by atoms with Gasteiger partial charge in [0.15, 0.2) is 5.78 Å². The molecule has 4 rings (SSSR count). The van der Waals surface area contributed by atoms with Gasteiger partial charge in [-0.3, -0.25) is 4.79 Å². The number of rotatable bonds is 4. The number of fused-ring (bicyclic) bond motifs is 1. The lowest BCUT2D eigenvalue weighted by Crippen LogP contribution is -2.36. The predicted molar refractivity (Wildman–Crippen MR) is 118 cm³/mol. The van der Waals surface area contributed by atoms with E-state index in [1.807, 2.05) is 28.2 Å². The molecule has 2 aliphatic heterocycles. The summed E-state index contributed by atoms with van der Waals surface area (Å²) >= 11 is 0. The molecule has 1 saturated heterocycles. The van der Waals surface area contributed by atoms with Crippen molar-refractivity contribution in [3.63, 3.8) is 0 Å². The van der Waals surface area contributed by atoms with E-state index >= 15 is 0 Å². The molecule has 2 aromatic rings. The molecule has 1 atom stereocenters. The Balaban J connectivity index is 1.85. The molecule has 2 aromatic carbocycles. The van der Waals surface area contributed by atoms with Gasteiger partial charge in [-0.15, -0.1) is 0 Å². The number of Topliss-reactive ketones (excluding diaryl/α,β-unsaturated/α-hetero) is 1. The Kier molecular flexibility index (Phi) is 4.88. The molecule has 0 aliphatic carbocycles. The van der Waals surface area contributed by atoms with E-state index in [0.29, 0.717) is 12.5 Å². The quantitative estimate of drug-likeness (QED) is 0.803. The Bertz CT molecular complexity index is 894. The van der Waals surface area contributed by atoms with E-state index in [2.05, 4.69) is 63.2 Å². The van der Waals surface area contributed by atoms with Crippen molar-refractivity contribution in [1.82, 2.24) is 4.90 Å². The number of ketones is 1. The van der Waals surface area contributed by atoms with Gasteiger partial charge in [0.2, 0.25) is 0 Å². The normalized spacial score (nSPS) is 19.1. The van der Waals surface area contributed by atoms with Gasteiger partial charge in [0, 0.05) is 64.1 Å². The number of benzene rings is 2. The number of nitrogens with zero attached hydrogens (tertiary/aromatic N) is 3. The number of hydrogen-bond donors (Lipinski definition) is 0. The third-order valence-electron chi connectivity index (χ3n) is 5.93. The van der Waals surface area contributed by atoms with Crippen LogP contribution in [0.1, 0.15) is 30.4 Å². The molecule has 0 aromatic heterocycles. The number of carbonyl (C=O) groups is 1. The number of hydrogen-bond acceptors (Lipinski definition) is 4. The highest BCUT2D eigenvalue weighted by atomic mass is 16.1. The van der Waals surface area contributed by atoms with Crippen molar-refractivity contribution in [2.45, 2.75) is 25.3 Å². The van der Waals surface area contributed by atoms with Crippen LogP contribution >= 0.6 is 0 Å². The molecular weight excluding hydrogens is 346 g/mol. The molecule has 0 spiro atoms. The maximum absolute atomic E-state index is 13.2. The second kappa shape index (κ2) is 7.34. The predicted octanol–water partition coefficient (Wildman–Crippen LogP) is 4.12. The van der Waals surface area contributed by atoms with Crippen LogP contribution in [0.5, 0.6) is 0 Å². The monoisotopic (exact) mass is 375 g/mol. The highest BCUT2D eigenvalue weighted by Crippen LogP contribution is 2.41. The lowest BCUT2D eigenvalue weighted by Gasteiger charge is -2.36. The van der Waals surface area contributed by atoms with Crippen LogP contribution in [0.25, 0.3) is 11.3 Å². The molecule has 0 bridgehead atoms. The summed E-state index contributed by atoms with van der Waals surface area (Å²) in [4.78, 5) is 19.9. The van der Waals surface area contributed by atoms with E-state index in [-0.39, 0.29) is 5.78 Å². The average Bonchev–Trinajstić information content (AvgIpc) is 3.15. The molecule has 4 heteroatoms. The fraction of sp³-hybridized carbons (Fsp3) is 0.375. The van der Waals surface area contributed by atoms with Crippen molar-refractivity contribution in [1.29, 1.82) is 0 Å². The van der Waals surface area contributed by atoms with Gasteiger partial charge < -0.3 is 14.7 Å². The molecular formula is C24H29N3O. The topological polar surface area (TPSA) is 26.8 Å². The fourth-order valence-corrected chi connectivity index (χ4v) is 4.39. The number of anilines is 2. The van der Waals surface area contributed by atoms with E-state index in [1.54, 1.807) is 0 Å². The van der Waals surface area contributed by atoms with Gasteiger partial charge in [-0.25, -0.2) is 0 Å². The van der Waals surface area contributed by atoms with Crippen LogP contribution in [0.15, 0.2) is 48.5 Å². The van der Waals surface area contributed by atoms with Gasteiger partial charge in [-0.05, 0) is 48.2 Å². The maximum atomic E-state index is 13.2. The average molecular weight is 376 g/mol. The molecule has 0 N–H and O–H groups in total. The standard InChI is InChI=1S/C24H29N3O/c1-25(2)19-11-7-17(8-12-19)23-22(28)16-21-6-5-15-27(21)24(23)18-9-13-20(14-10-18)26(3)4/h7-14,21H,5-6,15-16H2,1-4H3. The first-order chi connectivity index (χ1) is 13.5. The van der Waals surface area contributed by atoms with E-state index < -0.39 is 0 Å². The highest BCUT2D eigenvalue weighted by molar-refractivity contribution is 6.28. The zero-order valence-electron chi connectivity index (χ0n) is 17.3. The summed E-state index contributed by atoms with van der Waals surface area (Å²) in [5, 5.41) is 0. The minimum absolute atomic E-state index is 0.271. The summed E-state index contributed by atoms with van der Waals surface area (Å²) in [5.41, 5.74) is 6.46. The number of allylic oxidation sites excluding steroid dienone is 1. The first-order valence-electron chi connectivity index (χ1n) is 10.1. The smallest absolute Gasteiger partial charge is 0.167 e. The van der Waals surface area contributed by atoms with Gasteiger partial charge in [0.1, 0.15) is 0 Å². The van der Waals surface area contributed by atoms with Gasteiger partial charge in [0.05, 0.1) is 5.70 Å². The van der Waals surface area contributed by atoms with E-state index in [9.17, 15) is 4.79 Å². The van der Waals surface area contributed by atoms with Crippen LogP contribution in [0.3, 0.4) is 0 Å². The van der Waals surface area contributed by atoms with Crippen molar-refractivity contribution >= 4 is 28.4 Å². The fourth-order valence-electron chi connectivity index (χ4n) is 4.39. The molecule has 0 radical (unpaired) electrons. The Morgan fingerprint density at radius 2 is 1.36 bits per heavy atom. The SMILES string of the molecule is CN(C)c1ccc(C2=C(c3ccc(N(C)C)cc3)N3CCCC3CC2=O)cc1. The highest BCUT2D eigenvalue weighted by Gasteiger charge is 2.37. The van der Waals surface area contributed by atoms with Crippen LogP contribution in [-0.4, -0.2) is 51.5 Å². The van der Waals surface area contributed by atoms with E-state index in [4.69, 9.17) is 0 Å². The third-order valence-corrected chi connectivity index (χ3v) is 5.93. The van der Waals surface area contributed by atoms with Crippen molar-refractivity contribution < 1.29 is 4.79 Å². The van der Waals surface area contributed by atoms with Crippen molar-refractivity contribution in [2.24, 2.45) is 0 Å². The molecule has 0 amide bonds. The molecule has 146 valence electrons. The second-order valence-electron chi connectivity index (χ2n) is 8.22. The van der Waals surface area contributed by atoms with Gasteiger partial charge in [-0.2, -0.15) is 0 Å². The molecule has 1 unspecified atom stereocenters. The lowest BCUT2D eigenvalue weighted by molar-refractivity contribution is -0.114. The molecule has 2 aliphatic rings. The lowest BCUT2D eigenvalue weighted by atomic mass is 9.87. The summed E-state index contributed by atoms with van der Waals surface area (Å²) in [6.45, 7) is 1.03. The first-order valence-corrected chi connectivity index (χ1v) is 10.1. The minimum Gasteiger partial charge on any atom is -0.378 e. The Morgan fingerprint density at radius 1 is 0.821 bits per heavy atom. The maximum Gasteiger partial charge on any atom is 0.167 e. The molecule has 1 fully saturated rings. The summed E-state index contributed by atoms with van der Waals surface area (Å²) in [7, 11) is 8.17. The van der Waals surface area contributed by atoms with E-state index in [0.717, 1.165) is 47.5 Å². The second-order valence-corrected chi connectivity index (χ2v) is 8.22. The Hall–Kier alpha value is -2.75. The molecule has 0 saturated carbocycles. The van der Waals surface area contributed by atoms with Crippen LogP contribution in [0.2, 0.25) is 0 Å². The van der Waals surface area contributed by atoms with E-state index in [1.165, 1.54) is 5.69 Å². The number of carbonyl (C=O) groups excluding carboxylic acids is 1. The zero-order chi connectivity index (χ0) is 19.8. The van der Waals surface area contributed by atoms with Crippen LogP contribution in [0.4, 0.5) is 11.4 Å². The molecule has 2 heterocycles. The zero-order valence-corrected chi connectivity index (χ0v) is 17.3. The third kappa shape index (κ3) is 3.28. The van der Waals surface area contributed by atoms with Gasteiger partial charge in [-0.1, -0.05) is 24.3 Å². The van der Waals surface area contributed by atoms with Crippen molar-refractivity contribution in [2.75, 3.05) is 44.5 Å². The minimum atomic E-state index is 0.271. The van der Waals surface area contributed by atoms with Crippen LogP contribution in [-0.2, 0) is 4.79 Å². The molecule has 4 nitrogen and oxygen atoms in total. The Labute approximate surface area is 168 Å². The first kappa shape index (κ1) is 18.6. The van der Waals surface area contributed by atoms with Gasteiger partial charge >= 0.3 is 0 Å². The van der Waals surface area contributed by atoms with Crippen LogP contribution < -0.4 is 9.80 Å². The Morgan fingerprint density at radius 3 is 1.89 bits per heavy atom. The van der Waals surface area contributed by atoms with Gasteiger partial charge in [0.25, 0.3) is 0 Å².